The Morgan fingerprint density at radius 3 is 2.90 bits per heavy atom. The number of aryl methyl sites for hydroxylation is 1. The molecule has 0 saturated carbocycles. The average Bonchev–Trinajstić information content (AvgIpc) is 3.14. The van der Waals surface area contributed by atoms with E-state index in [9.17, 15) is 9.59 Å². The number of amides is 1. The largest absolute Gasteiger partial charge is 0.466 e. The van der Waals surface area contributed by atoms with Gasteiger partial charge in [-0.25, -0.2) is 4.98 Å². The summed E-state index contributed by atoms with van der Waals surface area (Å²) in [6.07, 6.45) is 3.10. The Kier molecular flexibility index (Phi) is 5.98. The van der Waals surface area contributed by atoms with Crippen LogP contribution in [0.25, 0.3) is 0 Å². The third-order valence-corrected chi connectivity index (χ3v) is 4.14. The van der Waals surface area contributed by atoms with Gasteiger partial charge in [0.2, 0.25) is 5.91 Å². The molecular formula is C14H21N3O3S. The number of esters is 1. The summed E-state index contributed by atoms with van der Waals surface area (Å²) in [4.78, 5) is 29.4. The summed E-state index contributed by atoms with van der Waals surface area (Å²) in [6, 6.07) is 0. The lowest BCUT2D eigenvalue weighted by atomic mass is 10.2. The quantitative estimate of drug-likeness (QED) is 0.776. The van der Waals surface area contributed by atoms with Crippen LogP contribution in [-0.4, -0.2) is 48.0 Å². The van der Waals surface area contributed by atoms with Gasteiger partial charge in [-0.15, -0.1) is 11.3 Å². The van der Waals surface area contributed by atoms with E-state index in [0.29, 0.717) is 19.4 Å². The van der Waals surface area contributed by atoms with Crippen molar-refractivity contribution in [1.29, 1.82) is 0 Å². The van der Waals surface area contributed by atoms with Crippen molar-refractivity contribution in [2.45, 2.75) is 32.6 Å². The number of hydrogen-bond acceptors (Lipinski definition) is 6. The van der Waals surface area contributed by atoms with Gasteiger partial charge in [0.15, 0.2) is 5.13 Å². The zero-order valence-electron chi connectivity index (χ0n) is 12.3. The van der Waals surface area contributed by atoms with Crippen LogP contribution >= 0.6 is 11.3 Å². The highest BCUT2D eigenvalue weighted by molar-refractivity contribution is 7.13. The van der Waals surface area contributed by atoms with E-state index in [0.717, 1.165) is 36.8 Å². The first-order chi connectivity index (χ1) is 10.2. The minimum absolute atomic E-state index is 0.121. The molecule has 0 unspecified atom stereocenters. The van der Waals surface area contributed by atoms with Crippen molar-refractivity contribution in [3.05, 3.63) is 11.1 Å². The maximum atomic E-state index is 11.9. The van der Waals surface area contributed by atoms with Gasteiger partial charge >= 0.3 is 5.97 Å². The Morgan fingerprint density at radius 2 is 2.19 bits per heavy atom. The summed E-state index contributed by atoms with van der Waals surface area (Å²) in [6.45, 7) is 4.21. The highest BCUT2D eigenvalue weighted by Crippen LogP contribution is 2.17. The number of ether oxygens (including phenoxy) is 1. The number of carbonyl (C=O) groups excluding carboxylic acids is 2. The topological polar surface area (TPSA) is 71.5 Å². The summed E-state index contributed by atoms with van der Waals surface area (Å²) in [5.74, 6) is -0.0833. The molecule has 1 saturated heterocycles. The number of likely N-dealkylation sites (tertiary alicyclic amines) is 1. The number of rotatable bonds is 7. The molecule has 2 heterocycles. The van der Waals surface area contributed by atoms with Crippen LogP contribution in [0, 0.1) is 0 Å². The molecule has 0 radical (unpaired) electrons. The number of anilines is 1. The fraction of sp³-hybridized carbons (Fsp3) is 0.643. The molecule has 1 aromatic rings. The number of carbonyl (C=O) groups is 2. The molecule has 1 aromatic heterocycles. The Balaban J connectivity index is 1.72. The molecule has 0 aliphatic carbocycles. The van der Waals surface area contributed by atoms with E-state index in [1.807, 2.05) is 10.3 Å². The van der Waals surface area contributed by atoms with Crippen LogP contribution < -0.4 is 5.32 Å². The molecule has 0 bridgehead atoms. The third-order valence-electron chi connectivity index (χ3n) is 3.29. The van der Waals surface area contributed by atoms with E-state index in [-0.39, 0.29) is 18.4 Å². The van der Waals surface area contributed by atoms with Crippen molar-refractivity contribution in [2.75, 3.05) is 31.6 Å². The molecule has 2 rings (SSSR count). The third kappa shape index (κ3) is 5.00. The standard InChI is InChI=1S/C14H21N3O3S/c1-2-20-13(19)6-5-11-10-21-14(16-11)15-9-12(18)17-7-3-4-8-17/h10H,2-9H2,1H3,(H,15,16). The maximum Gasteiger partial charge on any atom is 0.306 e. The van der Waals surface area contributed by atoms with E-state index < -0.39 is 0 Å². The van der Waals surface area contributed by atoms with Gasteiger partial charge in [0, 0.05) is 24.9 Å². The number of thiazole rings is 1. The predicted molar refractivity (Wildman–Crippen MR) is 81.4 cm³/mol. The van der Waals surface area contributed by atoms with Gasteiger partial charge in [0.25, 0.3) is 0 Å². The first-order valence-electron chi connectivity index (χ1n) is 7.30. The highest BCUT2D eigenvalue weighted by Gasteiger charge is 2.17. The molecule has 0 aromatic carbocycles. The Bertz CT molecular complexity index is 484. The van der Waals surface area contributed by atoms with E-state index in [2.05, 4.69) is 10.3 Å². The number of aromatic nitrogens is 1. The van der Waals surface area contributed by atoms with Crippen LogP contribution in [0.15, 0.2) is 5.38 Å². The zero-order valence-corrected chi connectivity index (χ0v) is 13.1. The molecule has 1 fully saturated rings. The molecule has 116 valence electrons. The summed E-state index contributed by atoms with van der Waals surface area (Å²) >= 11 is 1.45. The molecular weight excluding hydrogens is 290 g/mol. The highest BCUT2D eigenvalue weighted by atomic mass is 32.1. The molecule has 1 aliphatic heterocycles. The first-order valence-corrected chi connectivity index (χ1v) is 8.18. The normalized spacial score (nSPS) is 14.2. The van der Waals surface area contributed by atoms with Gasteiger partial charge in [-0.2, -0.15) is 0 Å². The van der Waals surface area contributed by atoms with Crippen molar-refractivity contribution in [1.82, 2.24) is 9.88 Å². The average molecular weight is 311 g/mol. The van der Waals surface area contributed by atoms with Gasteiger partial charge < -0.3 is 15.0 Å². The Morgan fingerprint density at radius 1 is 1.43 bits per heavy atom. The number of nitrogens with one attached hydrogen (secondary N) is 1. The van der Waals surface area contributed by atoms with E-state index in [4.69, 9.17) is 4.74 Å². The van der Waals surface area contributed by atoms with Gasteiger partial charge in [0.1, 0.15) is 0 Å². The van der Waals surface area contributed by atoms with E-state index >= 15 is 0 Å². The lowest BCUT2D eigenvalue weighted by Crippen LogP contribution is -2.32. The molecule has 7 heteroatoms. The fourth-order valence-electron chi connectivity index (χ4n) is 2.20. The van der Waals surface area contributed by atoms with Gasteiger partial charge in [-0.05, 0) is 19.8 Å². The van der Waals surface area contributed by atoms with Crippen LogP contribution in [-0.2, 0) is 20.7 Å². The van der Waals surface area contributed by atoms with Gasteiger partial charge in [-0.3, -0.25) is 9.59 Å². The fourth-order valence-corrected chi connectivity index (χ4v) is 2.94. The molecule has 1 N–H and O–H groups in total. The minimum atomic E-state index is -0.204. The number of hydrogen-bond donors (Lipinski definition) is 1. The van der Waals surface area contributed by atoms with Crippen LogP contribution in [0.2, 0.25) is 0 Å². The van der Waals surface area contributed by atoms with E-state index in [1.165, 1.54) is 11.3 Å². The predicted octanol–water partition coefficient (Wildman–Crippen LogP) is 1.67. The van der Waals surface area contributed by atoms with Gasteiger partial charge in [0.05, 0.1) is 25.3 Å². The number of nitrogens with zero attached hydrogens (tertiary/aromatic N) is 2. The Labute approximate surface area is 128 Å². The smallest absolute Gasteiger partial charge is 0.306 e. The van der Waals surface area contributed by atoms with Crippen LogP contribution in [0.3, 0.4) is 0 Å². The summed E-state index contributed by atoms with van der Waals surface area (Å²) in [5, 5.41) is 5.68. The summed E-state index contributed by atoms with van der Waals surface area (Å²) < 4.78 is 4.88. The molecule has 1 aliphatic rings. The monoisotopic (exact) mass is 311 g/mol. The Hall–Kier alpha value is -1.63. The summed E-state index contributed by atoms with van der Waals surface area (Å²) in [5.41, 5.74) is 0.851. The summed E-state index contributed by atoms with van der Waals surface area (Å²) in [7, 11) is 0. The molecule has 0 atom stereocenters. The second kappa shape index (κ2) is 7.97. The molecule has 21 heavy (non-hydrogen) atoms. The second-order valence-electron chi connectivity index (χ2n) is 4.89. The van der Waals surface area contributed by atoms with Crippen LogP contribution in [0.5, 0.6) is 0 Å². The second-order valence-corrected chi connectivity index (χ2v) is 5.75. The van der Waals surface area contributed by atoms with Crippen molar-refractivity contribution < 1.29 is 14.3 Å². The van der Waals surface area contributed by atoms with Crippen LogP contribution in [0.4, 0.5) is 5.13 Å². The first kappa shape index (κ1) is 15.8. The molecule has 6 nitrogen and oxygen atoms in total. The lowest BCUT2D eigenvalue weighted by Gasteiger charge is -2.14. The van der Waals surface area contributed by atoms with Crippen molar-refractivity contribution in [2.24, 2.45) is 0 Å². The molecule has 0 spiro atoms. The minimum Gasteiger partial charge on any atom is -0.466 e. The lowest BCUT2D eigenvalue weighted by molar-refractivity contribution is -0.143. The van der Waals surface area contributed by atoms with Crippen molar-refractivity contribution >= 4 is 28.3 Å². The SMILES string of the molecule is CCOC(=O)CCc1csc(NCC(=O)N2CCCC2)n1. The maximum absolute atomic E-state index is 11.9. The van der Waals surface area contributed by atoms with Gasteiger partial charge in [-0.1, -0.05) is 0 Å². The van der Waals surface area contributed by atoms with Crippen LogP contribution in [0.1, 0.15) is 31.9 Å². The van der Waals surface area contributed by atoms with Crippen molar-refractivity contribution in [3.63, 3.8) is 0 Å². The van der Waals surface area contributed by atoms with E-state index in [1.54, 1.807) is 6.92 Å². The van der Waals surface area contributed by atoms with Crippen molar-refractivity contribution in [3.8, 4) is 0 Å². The zero-order chi connectivity index (χ0) is 15.1. The molecule has 1 amide bonds.